The van der Waals surface area contributed by atoms with Crippen molar-refractivity contribution in [2.24, 2.45) is 0 Å². The van der Waals surface area contributed by atoms with Crippen LogP contribution in [0.3, 0.4) is 0 Å². The van der Waals surface area contributed by atoms with Crippen molar-refractivity contribution in [2.75, 3.05) is 39.3 Å². The van der Waals surface area contributed by atoms with E-state index in [1.54, 1.807) is 12.1 Å². The SMILES string of the molecule is CC1CCCCN1CCCNC(=O)c1ccc(C(=O)NCCCN2CCCCC2C)s1. The Morgan fingerprint density at radius 2 is 1.29 bits per heavy atom. The van der Waals surface area contributed by atoms with Crippen molar-refractivity contribution in [3.8, 4) is 0 Å². The molecule has 0 aromatic carbocycles. The van der Waals surface area contributed by atoms with Crippen LogP contribution in [-0.2, 0) is 0 Å². The summed E-state index contributed by atoms with van der Waals surface area (Å²) < 4.78 is 0. The molecule has 3 heterocycles. The molecule has 2 atom stereocenters. The summed E-state index contributed by atoms with van der Waals surface area (Å²) in [4.78, 5) is 31.1. The van der Waals surface area contributed by atoms with Crippen molar-refractivity contribution >= 4 is 23.2 Å². The number of amides is 2. The van der Waals surface area contributed by atoms with Crippen LogP contribution in [-0.4, -0.2) is 73.0 Å². The quantitative estimate of drug-likeness (QED) is 0.535. The van der Waals surface area contributed by atoms with E-state index in [9.17, 15) is 9.59 Å². The fourth-order valence-electron chi connectivity index (χ4n) is 4.70. The second-order valence-corrected chi connectivity index (χ2v) is 10.2. The highest BCUT2D eigenvalue weighted by molar-refractivity contribution is 7.15. The van der Waals surface area contributed by atoms with Crippen LogP contribution < -0.4 is 10.6 Å². The molecule has 2 N–H and O–H groups in total. The summed E-state index contributed by atoms with van der Waals surface area (Å²) in [6.45, 7) is 10.4. The van der Waals surface area contributed by atoms with Gasteiger partial charge in [0, 0.05) is 38.3 Å². The standard InChI is InChI=1S/C24H40N4O2S/c1-19-9-3-5-15-27(19)17-7-13-25-23(29)21-11-12-22(31-21)24(30)26-14-8-18-28-16-6-4-10-20(28)2/h11-12,19-20H,3-10,13-18H2,1-2H3,(H,25,29)(H,26,30). The molecule has 2 amide bonds. The zero-order valence-corrected chi connectivity index (χ0v) is 20.1. The second kappa shape index (κ2) is 12.6. The van der Waals surface area contributed by atoms with Gasteiger partial charge in [-0.05, 0) is 77.6 Å². The van der Waals surface area contributed by atoms with E-state index in [-0.39, 0.29) is 11.8 Å². The van der Waals surface area contributed by atoms with Crippen molar-refractivity contribution in [3.05, 3.63) is 21.9 Å². The number of hydrogen-bond donors (Lipinski definition) is 2. The topological polar surface area (TPSA) is 64.7 Å². The molecule has 0 bridgehead atoms. The van der Waals surface area contributed by atoms with Crippen LogP contribution in [0, 0.1) is 0 Å². The van der Waals surface area contributed by atoms with Gasteiger partial charge in [-0.3, -0.25) is 9.59 Å². The molecule has 0 spiro atoms. The Kier molecular flexibility index (Phi) is 9.81. The van der Waals surface area contributed by atoms with Gasteiger partial charge in [-0.15, -0.1) is 11.3 Å². The number of thiophene rings is 1. The van der Waals surface area contributed by atoms with Gasteiger partial charge in [-0.25, -0.2) is 0 Å². The molecule has 7 heteroatoms. The van der Waals surface area contributed by atoms with Crippen molar-refractivity contribution < 1.29 is 9.59 Å². The molecule has 2 unspecified atom stereocenters. The molecule has 2 fully saturated rings. The van der Waals surface area contributed by atoms with Crippen LogP contribution in [0.1, 0.15) is 84.6 Å². The summed E-state index contributed by atoms with van der Waals surface area (Å²) in [5.41, 5.74) is 0. The number of piperidine rings is 2. The van der Waals surface area contributed by atoms with Gasteiger partial charge < -0.3 is 20.4 Å². The van der Waals surface area contributed by atoms with Gasteiger partial charge in [0.2, 0.25) is 0 Å². The lowest BCUT2D eigenvalue weighted by Gasteiger charge is -2.33. The molecule has 31 heavy (non-hydrogen) atoms. The number of nitrogens with zero attached hydrogens (tertiary/aromatic N) is 2. The zero-order chi connectivity index (χ0) is 22.1. The second-order valence-electron chi connectivity index (χ2n) is 9.14. The van der Waals surface area contributed by atoms with Crippen molar-refractivity contribution in [2.45, 2.75) is 77.3 Å². The Morgan fingerprint density at radius 1 is 0.839 bits per heavy atom. The predicted octanol–water partition coefficient (Wildman–Crippen LogP) is 3.74. The number of carbonyl (C=O) groups is 2. The van der Waals surface area contributed by atoms with Crippen molar-refractivity contribution in [1.82, 2.24) is 20.4 Å². The summed E-state index contributed by atoms with van der Waals surface area (Å²) >= 11 is 1.28. The minimum atomic E-state index is -0.0742. The van der Waals surface area contributed by atoms with Crippen LogP contribution >= 0.6 is 11.3 Å². The molecule has 2 aliphatic rings. The lowest BCUT2D eigenvalue weighted by molar-refractivity contribution is 0.0946. The van der Waals surface area contributed by atoms with Gasteiger partial charge in [0.1, 0.15) is 0 Å². The number of hydrogen-bond acceptors (Lipinski definition) is 5. The van der Waals surface area contributed by atoms with Gasteiger partial charge in [0.15, 0.2) is 0 Å². The average Bonchev–Trinajstić information content (AvgIpc) is 3.27. The predicted molar refractivity (Wildman–Crippen MR) is 128 cm³/mol. The Hall–Kier alpha value is -1.44. The maximum absolute atomic E-state index is 12.4. The third-order valence-electron chi connectivity index (χ3n) is 6.75. The average molecular weight is 449 g/mol. The fourth-order valence-corrected chi connectivity index (χ4v) is 5.54. The highest BCUT2D eigenvalue weighted by Crippen LogP contribution is 2.18. The lowest BCUT2D eigenvalue weighted by Crippen LogP contribution is -2.39. The van der Waals surface area contributed by atoms with Crippen molar-refractivity contribution in [1.29, 1.82) is 0 Å². The van der Waals surface area contributed by atoms with E-state index in [2.05, 4.69) is 34.3 Å². The molecule has 1 aromatic rings. The van der Waals surface area contributed by atoms with E-state index in [1.807, 2.05) is 0 Å². The third kappa shape index (κ3) is 7.58. The zero-order valence-electron chi connectivity index (χ0n) is 19.3. The molecule has 0 aliphatic carbocycles. The summed E-state index contributed by atoms with van der Waals surface area (Å²) in [6, 6.07) is 4.84. The molecule has 3 rings (SSSR count). The first kappa shape index (κ1) is 24.2. The highest BCUT2D eigenvalue weighted by Gasteiger charge is 2.19. The lowest BCUT2D eigenvalue weighted by atomic mass is 10.0. The first-order valence-electron chi connectivity index (χ1n) is 12.2. The Labute approximate surface area is 191 Å². The van der Waals surface area contributed by atoms with Crippen LogP contribution in [0.25, 0.3) is 0 Å². The van der Waals surface area contributed by atoms with Gasteiger partial charge >= 0.3 is 0 Å². The smallest absolute Gasteiger partial charge is 0.261 e. The molecule has 2 saturated heterocycles. The first-order chi connectivity index (χ1) is 15.0. The molecule has 1 aromatic heterocycles. The van der Waals surface area contributed by atoms with E-state index in [0.717, 1.165) is 25.9 Å². The largest absolute Gasteiger partial charge is 0.351 e. The minimum absolute atomic E-state index is 0.0742. The molecule has 6 nitrogen and oxygen atoms in total. The molecule has 0 saturated carbocycles. The van der Waals surface area contributed by atoms with Gasteiger partial charge in [0.05, 0.1) is 9.75 Å². The van der Waals surface area contributed by atoms with Crippen LogP contribution in [0.2, 0.25) is 0 Å². The molecule has 2 aliphatic heterocycles. The van der Waals surface area contributed by atoms with E-state index < -0.39 is 0 Å². The van der Waals surface area contributed by atoms with E-state index in [4.69, 9.17) is 0 Å². The van der Waals surface area contributed by atoms with E-state index >= 15 is 0 Å². The first-order valence-corrected chi connectivity index (χ1v) is 13.0. The molecule has 174 valence electrons. The third-order valence-corrected chi connectivity index (χ3v) is 7.83. The van der Waals surface area contributed by atoms with E-state index in [0.29, 0.717) is 34.9 Å². The number of rotatable bonds is 10. The number of carbonyl (C=O) groups excluding carboxylic acids is 2. The van der Waals surface area contributed by atoms with Crippen LogP contribution in [0.5, 0.6) is 0 Å². The highest BCUT2D eigenvalue weighted by atomic mass is 32.1. The van der Waals surface area contributed by atoms with Gasteiger partial charge in [0.25, 0.3) is 11.8 Å². The molecule has 0 radical (unpaired) electrons. The molecular weight excluding hydrogens is 408 g/mol. The van der Waals surface area contributed by atoms with Crippen molar-refractivity contribution in [3.63, 3.8) is 0 Å². The summed E-state index contributed by atoms with van der Waals surface area (Å²) in [5.74, 6) is -0.148. The summed E-state index contributed by atoms with van der Waals surface area (Å²) in [5, 5.41) is 6.01. The Morgan fingerprint density at radius 3 is 1.71 bits per heavy atom. The Balaban J connectivity index is 1.31. The maximum Gasteiger partial charge on any atom is 0.261 e. The maximum atomic E-state index is 12.4. The Bertz CT molecular complexity index is 651. The number of likely N-dealkylation sites (tertiary alicyclic amines) is 2. The van der Waals surface area contributed by atoms with Gasteiger partial charge in [-0.2, -0.15) is 0 Å². The fraction of sp³-hybridized carbons (Fsp3) is 0.750. The van der Waals surface area contributed by atoms with Gasteiger partial charge in [-0.1, -0.05) is 12.8 Å². The number of nitrogens with one attached hydrogen (secondary N) is 2. The van der Waals surface area contributed by atoms with E-state index in [1.165, 1.54) is 63.0 Å². The monoisotopic (exact) mass is 448 g/mol. The molecular formula is C24H40N4O2S. The van der Waals surface area contributed by atoms with Crippen LogP contribution in [0.4, 0.5) is 0 Å². The summed E-state index contributed by atoms with van der Waals surface area (Å²) in [7, 11) is 0. The minimum Gasteiger partial charge on any atom is -0.351 e. The summed E-state index contributed by atoms with van der Waals surface area (Å²) in [6.07, 6.45) is 9.73. The van der Waals surface area contributed by atoms with Crippen LogP contribution in [0.15, 0.2) is 12.1 Å². The normalized spacial score (nSPS) is 22.9.